The first-order chi connectivity index (χ1) is 19.3. The Hall–Kier alpha value is -3.95. The molecule has 3 saturated heterocycles. The maximum absolute atomic E-state index is 13.9. The lowest BCUT2D eigenvalue weighted by molar-refractivity contribution is -0.143. The zero-order valence-corrected chi connectivity index (χ0v) is 22.6. The van der Waals surface area contributed by atoms with E-state index >= 15 is 0 Å². The maximum atomic E-state index is 13.9. The number of anilines is 2. The van der Waals surface area contributed by atoms with Crippen LogP contribution in [0.4, 0.5) is 11.4 Å². The predicted octanol–water partition coefficient (Wildman–Crippen LogP) is 3.57. The van der Waals surface area contributed by atoms with E-state index < -0.39 is 35.0 Å². The van der Waals surface area contributed by atoms with Gasteiger partial charge in [0.15, 0.2) is 0 Å². The molecule has 0 aliphatic carbocycles. The summed E-state index contributed by atoms with van der Waals surface area (Å²) in [5, 5.41) is 17.8. The SMILES string of the molecule is CCOc1ccc(NC(=O)[C@@H]2[C@H]3C(=O)N(CCO)C(C(=O)Nc4ccc5ccccc5c4)C34CC[C@@]2(C)O4)cc1. The first kappa shape index (κ1) is 26.3. The molecule has 3 heterocycles. The van der Waals surface area contributed by atoms with Crippen LogP contribution in [0.1, 0.15) is 26.7 Å². The van der Waals surface area contributed by atoms with Gasteiger partial charge in [0.05, 0.1) is 30.7 Å². The summed E-state index contributed by atoms with van der Waals surface area (Å²) in [5.41, 5.74) is -0.883. The van der Waals surface area contributed by atoms with Crippen LogP contribution in [0, 0.1) is 11.8 Å². The predicted molar refractivity (Wildman–Crippen MR) is 150 cm³/mol. The zero-order chi connectivity index (χ0) is 28.1. The number of β-amino-alcohol motifs (C(OH)–C–C–N with tert-alkyl or cyclic N) is 1. The van der Waals surface area contributed by atoms with Crippen LogP contribution < -0.4 is 15.4 Å². The lowest BCUT2D eigenvalue weighted by atomic mass is 9.66. The minimum Gasteiger partial charge on any atom is -0.494 e. The van der Waals surface area contributed by atoms with Crippen LogP contribution in [0.25, 0.3) is 10.8 Å². The average molecular weight is 544 g/mol. The third-order valence-corrected chi connectivity index (χ3v) is 8.60. The van der Waals surface area contributed by atoms with E-state index in [0.717, 1.165) is 10.8 Å². The maximum Gasteiger partial charge on any atom is 0.250 e. The number of ether oxygens (including phenoxy) is 2. The molecule has 208 valence electrons. The highest BCUT2D eigenvalue weighted by molar-refractivity contribution is 6.05. The number of carbonyl (C=O) groups excluding carboxylic acids is 3. The second kappa shape index (κ2) is 9.91. The van der Waals surface area contributed by atoms with Crippen molar-refractivity contribution in [2.75, 3.05) is 30.4 Å². The molecule has 2 bridgehead atoms. The van der Waals surface area contributed by atoms with Gasteiger partial charge in [0.25, 0.3) is 0 Å². The van der Waals surface area contributed by atoms with Crippen molar-refractivity contribution >= 4 is 39.9 Å². The van der Waals surface area contributed by atoms with Gasteiger partial charge in [0.1, 0.15) is 17.4 Å². The molecule has 3 aromatic rings. The number of aliphatic hydroxyl groups is 1. The third kappa shape index (κ3) is 4.12. The van der Waals surface area contributed by atoms with Crippen molar-refractivity contribution in [1.29, 1.82) is 0 Å². The van der Waals surface area contributed by atoms with Crippen molar-refractivity contribution in [3.05, 3.63) is 66.7 Å². The summed E-state index contributed by atoms with van der Waals surface area (Å²) in [4.78, 5) is 42.9. The fraction of sp³-hybridized carbons (Fsp3) is 0.387. The van der Waals surface area contributed by atoms with E-state index in [0.29, 0.717) is 36.6 Å². The van der Waals surface area contributed by atoms with Gasteiger partial charge < -0.3 is 30.1 Å². The molecule has 3 fully saturated rings. The van der Waals surface area contributed by atoms with Gasteiger partial charge in [0.2, 0.25) is 17.7 Å². The molecular formula is C31H33N3O6. The Morgan fingerprint density at radius 2 is 1.70 bits per heavy atom. The number of amides is 3. The zero-order valence-electron chi connectivity index (χ0n) is 22.6. The number of likely N-dealkylation sites (tertiary alicyclic amines) is 1. The van der Waals surface area contributed by atoms with Crippen LogP contribution >= 0.6 is 0 Å². The molecule has 0 saturated carbocycles. The molecule has 3 aromatic carbocycles. The van der Waals surface area contributed by atoms with Crippen molar-refractivity contribution in [1.82, 2.24) is 4.90 Å². The van der Waals surface area contributed by atoms with Gasteiger partial charge in [0, 0.05) is 17.9 Å². The van der Waals surface area contributed by atoms with Crippen LogP contribution in [0.2, 0.25) is 0 Å². The molecule has 9 nitrogen and oxygen atoms in total. The van der Waals surface area contributed by atoms with Crippen LogP contribution in [-0.2, 0) is 19.1 Å². The summed E-state index contributed by atoms with van der Waals surface area (Å²) in [6, 6.07) is 19.6. The van der Waals surface area contributed by atoms with Gasteiger partial charge in [-0.15, -0.1) is 0 Å². The van der Waals surface area contributed by atoms with E-state index in [9.17, 15) is 19.5 Å². The van der Waals surface area contributed by atoms with Gasteiger partial charge >= 0.3 is 0 Å². The Balaban J connectivity index is 1.29. The largest absolute Gasteiger partial charge is 0.494 e. The second-order valence-electron chi connectivity index (χ2n) is 11.0. The second-order valence-corrected chi connectivity index (χ2v) is 11.0. The van der Waals surface area contributed by atoms with E-state index in [1.807, 2.05) is 56.3 Å². The van der Waals surface area contributed by atoms with Gasteiger partial charge in [-0.1, -0.05) is 30.3 Å². The Morgan fingerprint density at radius 1 is 1.00 bits per heavy atom. The first-order valence-corrected chi connectivity index (χ1v) is 13.7. The molecule has 6 rings (SSSR count). The number of hydrogen-bond acceptors (Lipinski definition) is 6. The minimum absolute atomic E-state index is 0.0276. The number of carbonyl (C=O) groups is 3. The smallest absolute Gasteiger partial charge is 0.250 e. The van der Waals surface area contributed by atoms with E-state index in [1.54, 1.807) is 24.3 Å². The summed E-state index contributed by atoms with van der Waals surface area (Å²) in [7, 11) is 0. The number of nitrogens with one attached hydrogen (secondary N) is 2. The molecule has 3 N–H and O–H groups in total. The number of benzene rings is 3. The fourth-order valence-corrected chi connectivity index (χ4v) is 6.97. The Morgan fingerprint density at radius 3 is 2.42 bits per heavy atom. The molecule has 0 aromatic heterocycles. The molecule has 3 aliphatic rings. The van der Waals surface area contributed by atoms with Crippen LogP contribution in [0.3, 0.4) is 0 Å². The van der Waals surface area contributed by atoms with Gasteiger partial charge in [-0.25, -0.2) is 0 Å². The van der Waals surface area contributed by atoms with Crippen molar-refractivity contribution in [2.45, 2.75) is 43.9 Å². The number of nitrogens with zero attached hydrogens (tertiary/aromatic N) is 1. The van der Waals surface area contributed by atoms with E-state index in [4.69, 9.17) is 9.47 Å². The van der Waals surface area contributed by atoms with Crippen LogP contribution in [0.5, 0.6) is 5.75 Å². The molecule has 9 heteroatoms. The summed E-state index contributed by atoms with van der Waals surface area (Å²) >= 11 is 0. The lowest BCUT2D eigenvalue weighted by Gasteiger charge is -2.33. The van der Waals surface area contributed by atoms with E-state index in [2.05, 4.69) is 10.6 Å². The highest BCUT2D eigenvalue weighted by atomic mass is 16.5. The first-order valence-electron chi connectivity index (χ1n) is 13.7. The standard InChI is InChI=1S/C31H33N3O6/c1-3-39-23-12-10-21(11-13-23)32-27(36)24-25-29(38)34(16-17-35)26(31(25)15-14-30(24,2)40-31)28(37)33-22-9-8-19-6-4-5-7-20(19)18-22/h4-13,18,24-26,35H,3,14-17H2,1-2H3,(H,32,36)(H,33,37)/t24-,25-,26?,30+,31?/m0/s1. The lowest BCUT2D eigenvalue weighted by Crippen LogP contribution is -2.53. The van der Waals surface area contributed by atoms with Gasteiger partial charge in [-0.3, -0.25) is 14.4 Å². The minimum atomic E-state index is -1.16. The Labute approximate surface area is 232 Å². The molecule has 0 radical (unpaired) electrons. The summed E-state index contributed by atoms with van der Waals surface area (Å²) in [5.74, 6) is -2.00. The van der Waals surface area contributed by atoms with Crippen molar-refractivity contribution in [3.8, 4) is 5.75 Å². The van der Waals surface area contributed by atoms with E-state index in [-0.39, 0.29) is 25.0 Å². The number of aliphatic hydroxyl groups excluding tert-OH is 1. The van der Waals surface area contributed by atoms with Gasteiger partial charge in [-0.05, 0) is 73.9 Å². The average Bonchev–Trinajstić information content (AvgIpc) is 3.51. The molecule has 1 spiro atoms. The quantitative estimate of drug-likeness (QED) is 0.400. The molecule has 5 atom stereocenters. The molecule has 2 unspecified atom stereocenters. The third-order valence-electron chi connectivity index (χ3n) is 8.60. The van der Waals surface area contributed by atoms with Crippen molar-refractivity contribution in [3.63, 3.8) is 0 Å². The molecule has 40 heavy (non-hydrogen) atoms. The summed E-state index contributed by atoms with van der Waals surface area (Å²) < 4.78 is 12.1. The highest BCUT2D eigenvalue weighted by Crippen LogP contribution is 2.63. The van der Waals surface area contributed by atoms with Crippen LogP contribution in [-0.4, -0.2) is 64.7 Å². The molecule has 3 amide bonds. The summed E-state index contributed by atoms with van der Waals surface area (Å²) in [6.07, 6.45) is 0.995. The highest BCUT2D eigenvalue weighted by Gasteiger charge is 2.77. The number of rotatable bonds is 8. The monoisotopic (exact) mass is 543 g/mol. The van der Waals surface area contributed by atoms with E-state index in [1.165, 1.54) is 4.90 Å². The topological polar surface area (TPSA) is 117 Å². The summed E-state index contributed by atoms with van der Waals surface area (Å²) in [6.45, 7) is 3.95. The Kier molecular flexibility index (Phi) is 6.51. The fourth-order valence-electron chi connectivity index (χ4n) is 6.97. The molecular weight excluding hydrogens is 510 g/mol. The number of fused-ring (bicyclic) bond motifs is 2. The normalized spacial score (nSPS) is 28.5. The number of hydrogen-bond donors (Lipinski definition) is 3. The van der Waals surface area contributed by atoms with Crippen molar-refractivity contribution in [2.24, 2.45) is 11.8 Å². The van der Waals surface area contributed by atoms with Crippen molar-refractivity contribution < 1.29 is 29.0 Å². The van der Waals surface area contributed by atoms with Crippen LogP contribution in [0.15, 0.2) is 66.7 Å². The van der Waals surface area contributed by atoms with Gasteiger partial charge in [-0.2, -0.15) is 0 Å². The molecule has 3 aliphatic heterocycles. The Bertz CT molecular complexity index is 1480.